The Bertz CT molecular complexity index is 383. The van der Waals surface area contributed by atoms with Crippen molar-refractivity contribution in [2.75, 3.05) is 6.61 Å². The van der Waals surface area contributed by atoms with E-state index >= 15 is 0 Å². The second-order valence-corrected chi connectivity index (χ2v) is 4.63. The third-order valence-corrected chi connectivity index (χ3v) is 3.70. The van der Waals surface area contributed by atoms with E-state index in [1.54, 1.807) is 0 Å². The van der Waals surface area contributed by atoms with Crippen molar-refractivity contribution in [3.63, 3.8) is 0 Å². The molecule has 0 fully saturated rings. The van der Waals surface area contributed by atoms with Crippen molar-refractivity contribution >= 4 is 0 Å². The molecular weight excluding hydrogens is 250 g/mol. The molecule has 19 heavy (non-hydrogen) atoms. The average Bonchev–Trinajstić information content (AvgIpc) is 2.40. The van der Waals surface area contributed by atoms with Crippen molar-refractivity contribution in [1.82, 2.24) is 0 Å². The SMILES string of the molecule is CCOC(CC)(CC)C(O)Cc1c(F)cccc1F. The van der Waals surface area contributed by atoms with Gasteiger partial charge >= 0.3 is 0 Å². The Labute approximate surface area is 113 Å². The lowest BCUT2D eigenvalue weighted by Gasteiger charge is -2.36. The molecule has 1 N–H and O–H groups in total. The molecule has 0 aliphatic rings. The molecule has 0 aromatic heterocycles. The molecule has 0 aliphatic carbocycles. The van der Waals surface area contributed by atoms with Crippen molar-refractivity contribution in [3.05, 3.63) is 35.4 Å². The third-order valence-electron chi connectivity index (χ3n) is 3.70. The van der Waals surface area contributed by atoms with Crippen LogP contribution in [0.15, 0.2) is 18.2 Å². The standard InChI is InChI=1S/C15H22F2O2/c1-4-15(5-2,19-6-3)14(18)10-11-12(16)8-7-9-13(11)17/h7-9,14,18H,4-6,10H2,1-3H3. The lowest BCUT2D eigenvalue weighted by atomic mass is 9.86. The zero-order valence-electron chi connectivity index (χ0n) is 11.7. The van der Waals surface area contributed by atoms with Crippen LogP contribution in [0.5, 0.6) is 0 Å². The minimum Gasteiger partial charge on any atom is -0.390 e. The summed E-state index contributed by atoms with van der Waals surface area (Å²) in [7, 11) is 0. The molecule has 108 valence electrons. The Morgan fingerprint density at radius 2 is 1.68 bits per heavy atom. The summed E-state index contributed by atoms with van der Waals surface area (Å²) < 4.78 is 32.8. The molecule has 0 bridgehead atoms. The minimum absolute atomic E-state index is 0.0824. The molecule has 1 aromatic carbocycles. The average molecular weight is 272 g/mol. The van der Waals surface area contributed by atoms with Crippen molar-refractivity contribution in [3.8, 4) is 0 Å². The number of aliphatic hydroxyl groups is 1. The molecule has 2 nitrogen and oxygen atoms in total. The number of hydrogen-bond donors (Lipinski definition) is 1. The zero-order valence-corrected chi connectivity index (χ0v) is 11.7. The Morgan fingerprint density at radius 1 is 1.16 bits per heavy atom. The smallest absolute Gasteiger partial charge is 0.129 e. The van der Waals surface area contributed by atoms with Crippen LogP contribution in [0.1, 0.15) is 39.2 Å². The van der Waals surface area contributed by atoms with E-state index in [2.05, 4.69) is 0 Å². The van der Waals surface area contributed by atoms with E-state index in [0.717, 1.165) is 0 Å². The number of ether oxygens (including phenoxy) is 1. The van der Waals surface area contributed by atoms with E-state index in [4.69, 9.17) is 4.74 Å². The first kappa shape index (κ1) is 16.1. The van der Waals surface area contributed by atoms with E-state index in [-0.39, 0.29) is 12.0 Å². The van der Waals surface area contributed by atoms with Gasteiger partial charge in [-0.05, 0) is 31.9 Å². The quantitative estimate of drug-likeness (QED) is 0.823. The number of benzene rings is 1. The lowest BCUT2D eigenvalue weighted by molar-refractivity contribution is -0.124. The van der Waals surface area contributed by atoms with Crippen LogP contribution < -0.4 is 0 Å². The highest BCUT2D eigenvalue weighted by Crippen LogP contribution is 2.28. The van der Waals surface area contributed by atoms with Crippen LogP contribution in [0.4, 0.5) is 8.78 Å². The first-order valence-corrected chi connectivity index (χ1v) is 6.75. The van der Waals surface area contributed by atoms with Gasteiger partial charge in [0.25, 0.3) is 0 Å². The van der Waals surface area contributed by atoms with Gasteiger partial charge in [0, 0.05) is 18.6 Å². The predicted molar refractivity (Wildman–Crippen MR) is 71.0 cm³/mol. The highest BCUT2D eigenvalue weighted by Gasteiger charge is 2.36. The summed E-state index contributed by atoms with van der Waals surface area (Å²) in [5.74, 6) is -1.26. The van der Waals surface area contributed by atoms with Gasteiger partial charge < -0.3 is 9.84 Å². The van der Waals surface area contributed by atoms with Gasteiger partial charge in [0.05, 0.1) is 11.7 Å². The normalized spacial score (nSPS) is 13.6. The second-order valence-electron chi connectivity index (χ2n) is 4.63. The summed E-state index contributed by atoms with van der Waals surface area (Å²) in [5, 5.41) is 10.3. The summed E-state index contributed by atoms with van der Waals surface area (Å²) in [6, 6.07) is 3.72. The first-order chi connectivity index (χ1) is 9.00. The van der Waals surface area contributed by atoms with Crippen LogP contribution in [-0.2, 0) is 11.2 Å². The van der Waals surface area contributed by atoms with E-state index in [9.17, 15) is 13.9 Å². The molecule has 1 rings (SSSR count). The molecule has 1 aromatic rings. The van der Waals surface area contributed by atoms with Crippen LogP contribution in [0.3, 0.4) is 0 Å². The molecule has 0 aliphatic heterocycles. The maximum Gasteiger partial charge on any atom is 0.129 e. The van der Waals surface area contributed by atoms with Crippen LogP contribution >= 0.6 is 0 Å². The molecule has 0 amide bonds. The zero-order chi connectivity index (χ0) is 14.5. The maximum absolute atomic E-state index is 13.6. The fourth-order valence-electron chi connectivity index (χ4n) is 2.42. The van der Waals surface area contributed by atoms with Crippen LogP contribution in [0.2, 0.25) is 0 Å². The van der Waals surface area contributed by atoms with Crippen molar-refractivity contribution in [2.24, 2.45) is 0 Å². The molecule has 1 unspecified atom stereocenters. The summed E-state index contributed by atoms with van der Waals surface area (Å²) in [5.41, 5.74) is -0.829. The fraction of sp³-hybridized carbons (Fsp3) is 0.600. The molecule has 0 saturated carbocycles. The van der Waals surface area contributed by atoms with Crippen LogP contribution in [0.25, 0.3) is 0 Å². The van der Waals surface area contributed by atoms with Gasteiger partial charge in [0.1, 0.15) is 11.6 Å². The first-order valence-electron chi connectivity index (χ1n) is 6.75. The number of aliphatic hydroxyl groups excluding tert-OH is 1. The van der Waals surface area contributed by atoms with Gasteiger partial charge in [0.15, 0.2) is 0 Å². The van der Waals surface area contributed by atoms with E-state index in [1.807, 2.05) is 20.8 Å². The summed E-state index contributed by atoms with van der Waals surface area (Å²) in [6.07, 6.45) is 0.164. The number of hydrogen-bond acceptors (Lipinski definition) is 2. The van der Waals surface area contributed by atoms with E-state index in [1.165, 1.54) is 18.2 Å². The monoisotopic (exact) mass is 272 g/mol. The summed E-state index contributed by atoms with van der Waals surface area (Å²) in [6.45, 7) is 6.11. The maximum atomic E-state index is 13.6. The Hall–Kier alpha value is -1.00. The highest BCUT2D eigenvalue weighted by atomic mass is 19.1. The molecule has 0 spiro atoms. The van der Waals surface area contributed by atoms with Crippen molar-refractivity contribution in [2.45, 2.75) is 51.7 Å². The molecule has 4 heteroatoms. The molecule has 0 saturated heterocycles. The lowest BCUT2D eigenvalue weighted by Crippen LogP contribution is -2.45. The largest absolute Gasteiger partial charge is 0.390 e. The Kier molecular flexibility index (Phi) is 5.88. The van der Waals surface area contributed by atoms with Crippen LogP contribution in [-0.4, -0.2) is 23.4 Å². The summed E-state index contributed by atoms with van der Waals surface area (Å²) >= 11 is 0. The third kappa shape index (κ3) is 3.51. The molecule has 0 radical (unpaired) electrons. The second kappa shape index (κ2) is 6.96. The van der Waals surface area contributed by atoms with Gasteiger partial charge in [0.2, 0.25) is 0 Å². The topological polar surface area (TPSA) is 29.5 Å². The highest BCUT2D eigenvalue weighted by molar-refractivity contribution is 5.21. The predicted octanol–water partition coefficient (Wildman–Crippen LogP) is 3.46. The molecular formula is C15H22F2O2. The van der Waals surface area contributed by atoms with Crippen molar-refractivity contribution < 1.29 is 18.6 Å². The van der Waals surface area contributed by atoms with E-state index < -0.39 is 23.3 Å². The Balaban J connectivity index is 2.96. The number of halogens is 2. The summed E-state index contributed by atoms with van der Waals surface area (Å²) in [4.78, 5) is 0. The molecule has 1 atom stereocenters. The molecule has 0 heterocycles. The minimum atomic E-state index is -0.936. The van der Waals surface area contributed by atoms with Crippen LogP contribution in [0, 0.1) is 11.6 Å². The fourth-order valence-corrected chi connectivity index (χ4v) is 2.42. The van der Waals surface area contributed by atoms with E-state index in [0.29, 0.717) is 19.4 Å². The van der Waals surface area contributed by atoms with Gasteiger partial charge in [-0.3, -0.25) is 0 Å². The van der Waals surface area contributed by atoms with Gasteiger partial charge in [-0.15, -0.1) is 0 Å². The van der Waals surface area contributed by atoms with Crippen molar-refractivity contribution in [1.29, 1.82) is 0 Å². The van der Waals surface area contributed by atoms with Gasteiger partial charge in [-0.2, -0.15) is 0 Å². The van der Waals surface area contributed by atoms with Gasteiger partial charge in [-0.1, -0.05) is 19.9 Å². The Morgan fingerprint density at radius 3 is 2.11 bits per heavy atom. The van der Waals surface area contributed by atoms with Gasteiger partial charge in [-0.25, -0.2) is 8.78 Å². The number of rotatable bonds is 7.